The van der Waals surface area contributed by atoms with Crippen LogP contribution in [0.2, 0.25) is 0 Å². The van der Waals surface area contributed by atoms with Crippen molar-refractivity contribution < 1.29 is 14.0 Å². The largest absolute Gasteiger partial charge is 0.747 e. The number of rotatable bonds is 3. The van der Waals surface area contributed by atoms with Crippen molar-refractivity contribution in [3.8, 4) is 0 Å². The molecule has 0 fully saturated rings. The van der Waals surface area contributed by atoms with Crippen LogP contribution in [0, 0.1) is 5.92 Å². The first-order valence-corrected chi connectivity index (χ1v) is 3.70. The molecule has 0 rings (SSSR count). The van der Waals surface area contributed by atoms with E-state index in [9.17, 15) is 4.57 Å². The third kappa shape index (κ3) is 4.13. The van der Waals surface area contributed by atoms with Crippen molar-refractivity contribution in [2.24, 2.45) is 5.92 Å². The first kappa shape index (κ1) is 8.60. The summed E-state index contributed by atoms with van der Waals surface area (Å²) in [5.41, 5.74) is 0. The van der Waals surface area contributed by atoms with Crippen LogP contribution in [0.1, 0.15) is 13.8 Å². The van der Waals surface area contributed by atoms with Crippen molar-refractivity contribution in [1.29, 1.82) is 0 Å². The Hall–Kier alpha value is -0.400. The van der Waals surface area contributed by atoms with Gasteiger partial charge in [0.25, 0.3) is 0 Å². The van der Waals surface area contributed by atoms with Crippen LogP contribution in [0.15, 0.2) is 12.3 Å². The molecule has 0 radical (unpaired) electrons. The molecule has 4 heteroatoms. The Bertz CT molecular complexity index is 130. The normalized spacial score (nSPS) is 11.3. The summed E-state index contributed by atoms with van der Waals surface area (Å²) in [6.07, 6.45) is 0. The molecule has 0 saturated carbocycles. The van der Waals surface area contributed by atoms with E-state index in [1.807, 2.05) is 13.8 Å². The van der Waals surface area contributed by atoms with Crippen molar-refractivity contribution in [3.63, 3.8) is 0 Å². The Balaban J connectivity index is 3.64. The average molecular weight is 149 g/mol. The highest BCUT2D eigenvalue weighted by Gasteiger charge is 2.16. The van der Waals surface area contributed by atoms with Crippen molar-refractivity contribution in [2.75, 3.05) is 0 Å². The monoisotopic (exact) mass is 149 g/mol. The summed E-state index contributed by atoms with van der Waals surface area (Å²) in [4.78, 5) is 8.20. The molecule has 0 bridgehead atoms. The molecular formula is C5H10O3P+. The van der Waals surface area contributed by atoms with Gasteiger partial charge in [-0.25, -0.2) is 4.52 Å². The second kappa shape index (κ2) is 3.59. The minimum Gasteiger partial charge on any atom is -0.234 e. The fraction of sp³-hybridized carbons (Fsp3) is 0.600. The quantitative estimate of drug-likeness (QED) is 0.491. The molecule has 0 aromatic heterocycles. The van der Waals surface area contributed by atoms with Crippen molar-refractivity contribution in [1.82, 2.24) is 0 Å². The molecule has 0 spiro atoms. The highest BCUT2D eigenvalue weighted by Crippen LogP contribution is 2.23. The molecule has 52 valence electrons. The van der Waals surface area contributed by atoms with Gasteiger partial charge in [0.1, 0.15) is 0 Å². The zero-order valence-electron chi connectivity index (χ0n) is 5.50. The van der Waals surface area contributed by atoms with E-state index in [1.165, 1.54) is 0 Å². The first-order valence-electron chi connectivity index (χ1n) is 2.57. The first-order chi connectivity index (χ1) is 4.04. The Labute approximate surface area is 55.3 Å². The standard InChI is InChI=1S/C5H9O3P/c1-4(2)5(3)8-9(6)7/h4H,3H2,1-2H3/p+1. The van der Waals surface area contributed by atoms with E-state index in [-0.39, 0.29) is 5.92 Å². The average Bonchev–Trinajstić information content (AvgIpc) is 1.63. The summed E-state index contributed by atoms with van der Waals surface area (Å²) >= 11 is 0. The summed E-state index contributed by atoms with van der Waals surface area (Å²) in [7, 11) is -2.52. The minimum absolute atomic E-state index is 0.0936. The van der Waals surface area contributed by atoms with E-state index in [4.69, 9.17) is 4.89 Å². The summed E-state index contributed by atoms with van der Waals surface area (Å²) in [6, 6.07) is 0. The summed E-state index contributed by atoms with van der Waals surface area (Å²) in [5, 5.41) is 0. The highest BCUT2D eigenvalue weighted by molar-refractivity contribution is 7.32. The zero-order chi connectivity index (χ0) is 7.44. The molecular weight excluding hydrogens is 139 g/mol. The molecule has 3 nitrogen and oxygen atoms in total. The van der Waals surface area contributed by atoms with Crippen molar-refractivity contribution in [3.05, 3.63) is 12.3 Å². The molecule has 0 aliphatic heterocycles. The predicted molar refractivity (Wildman–Crippen MR) is 34.9 cm³/mol. The van der Waals surface area contributed by atoms with Gasteiger partial charge < -0.3 is 0 Å². The Morgan fingerprint density at radius 2 is 2.22 bits per heavy atom. The number of hydrogen-bond donors (Lipinski definition) is 1. The van der Waals surface area contributed by atoms with Gasteiger partial charge in [0.15, 0.2) is 5.76 Å². The third-order valence-corrected chi connectivity index (χ3v) is 1.23. The molecule has 0 amide bonds. The molecule has 0 aliphatic carbocycles. The van der Waals surface area contributed by atoms with Crippen LogP contribution in [0.25, 0.3) is 0 Å². The highest BCUT2D eigenvalue weighted by atomic mass is 31.1. The molecule has 1 unspecified atom stereocenters. The topological polar surface area (TPSA) is 46.5 Å². The van der Waals surface area contributed by atoms with Gasteiger partial charge in [-0.3, -0.25) is 0 Å². The van der Waals surface area contributed by atoms with Gasteiger partial charge in [0, 0.05) is 10.5 Å². The van der Waals surface area contributed by atoms with Gasteiger partial charge in [-0.1, -0.05) is 20.4 Å². The van der Waals surface area contributed by atoms with Crippen LogP contribution in [-0.4, -0.2) is 4.89 Å². The zero-order valence-corrected chi connectivity index (χ0v) is 6.39. The summed E-state index contributed by atoms with van der Waals surface area (Å²) in [6.45, 7) is 7.10. The fourth-order valence-electron chi connectivity index (χ4n) is 0.206. The molecule has 9 heavy (non-hydrogen) atoms. The second-order valence-electron chi connectivity index (χ2n) is 1.95. The van der Waals surface area contributed by atoms with E-state index in [1.54, 1.807) is 0 Å². The smallest absolute Gasteiger partial charge is 0.234 e. The summed E-state index contributed by atoms with van der Waals surface area (Å²) in [5.74, 6) is 0.440. The van der Waals surface area contributed by atoms with E-state index >= 15 is 0 Å². The van der Waals surface area contributed by atoms with Gasteiger partial charge >= 0.3 is 8.25 Å². The maximum absolute atomic E-state index is 9.98. The summed E-state index contributed by atoms with van der Waals surface area (Å²) < 4.78 is 14.4. The molecule has 1 atom stereocenters. The molecule has 0 heterocycles. The van der Waals surface area contributed by atoms with Gasteiger partial charge in [0.2, 0.25) is 0 Å². The van der Waals surface area contributed by atoms with Crippen molar-refractivity contribution >= 4 is 8.25 Å². The molecule has 0 aliphatic rings. The maximum atomic E-state index is 9.98. The van der Waals surface area contributed by atoms with Crippen LogP contribution in [0.5, 0.6) is 0 Å². The molecule has 0 aromatic rings. The molecule has 1 N–H and O–H groups in total. The Morgan fingerprint density at radius 1 is 1.78 bits per heavy atom. The Morgan fingerprint density at radius 3 is 2.33 bits per heavy atom. The van der Waals surface area contributed by atoms with Crippen molar-refractivity contribution in [2.45, 2.75) is 13.8 Å². The predicted octanol–water partition coefficient (Wildman–Crippen LogP) is 1.82. The number of allylic oxidation sites excluding steroid dienone is 1. The third-order valence-electron chi connectivity index (χ3n) is 0.839. The lowest BCUT2D eigenvalue weighted by Gasteiger charge is -1.97. The van der Waals surface area contributed by atoms with Crippen LogP contribution in [-0.2, 0) is 9.09 Å². The van der Waals surface area contributed by atoms with Gasteiger partial charge in [-0.05, 0) is 0 Å². The fourth-order valence-corrected chi connectivity index (χ4v) is 0.617. The second-order valence-corrected chi connectivity index (χ2v) is 2.61. The lowest BCUT2D eigenvalue weighted by Crippen LogP contribution is -1.91. The van der Waals surface area contributed by atoms with Gasteiger partial charge in [-0.15, -0.1) is 4.89 Å². The van der Waals surface area contributed by atoms with E-state index in [2.05, 4.69) is 11.1 Å². The lowest BCUT2D eigenvalue weighted by molar-refractivity contribution is 0.323. The lowest BCUT2D eigenvalue weighted by atomic mass is 10.2. The van der Waals surface area contributed by atoms with Gasteiger partial charge in [-0.2, -0.15) is 0 Å². The Kier molecular flexibility index (Phi) is 3.43. The molecule has 0 aromatic carbocycles. The van der Waals surface area contributed by atoms with Crippen LogP contribution in [0.3, 0.4) is 0 Å². The van der Waals surface area contributed by atoms with Crippen LogP contribution >= 0.6 is 8.25 Å². The minimum atomic E-state index is -2.52. The van der Waals surface area contributed by atoms with Crippen LogP contribution in [0.4, 0.5) is 0 Å². The van der Waals surface area contributed by atoms with Crippen LogP contribution < -0.4 is 0 Å². The maximum Gasteiger partial charge on any atom is 0.747 e. The van der Waals surface area contributed by atoms with E-state index in [0.717, 1.165) is 0 Å². The van der Waals surface area contributed by atoms with E-state index < -0.39 is 8.25 Å². The molecule has 0 saturated heterocycles. The SMILES string of the molecule is C=C(O[P+](=O)O)C(C)C. The van der Waals surface area contributed by atoms with Gasteiger partial charge in [0.05, 0.1) is 0 Å². The van der Waals surface area contributed by atoms with E-state index in [0.29, 0.717) is 5.76 Å². The number of hydrogen-bond acceptors (Lipinski definition) is 2.